The number of aromatic nitrogens is 2. The standard InChI is InChI=1S/C14H12N2O2S/c1-8-7-9(2)15-13-10(8)11(12(19-13)14(17)18)16-5-3-4-6-16/h3-7H,1-2H3,(H,17,18)/p-1. The highest BCUT2D eigenvalue weighted by Crippen LogP contribution is 2.35. The lowest BCUT2D eigenvalue weighted by molar-refractivity contribution is -0.254. The number of hydrogen-bond acceptors (Lipinski definition) is 4. The van der Waals surface area contributed by atoms with Crippen LogP contribution in [0.3, 0.4) is 0 Å². The Bertz CT molecular complexity index is 772. The molecule has 3 aromatic rings. The Morgan fingerprint density at radius 2 is 2.00 bits per heavy atom. The summed E-state index contributed by atoms with van der Waals surface area (Å²) in [5.74, 6) is -1.16. The second kappa shape index (κ2) is 4.20. The first-order chi connectivity index (χ1) is 9.08. The number of thiophene rings is 1. The van der Waals surface area contributed by atoms with Crippen LogP contribution in [0.1, 0.15) is 20.9 Å². The first kappa shape index (κ1) is 11.9. The van der Waals surface area contributed by atoms with E-state index in [2.05, 4.69) is 4.98 Å². The van der Waals surface area contributed by atoms with Crippen molar-refractivity contribution in [3.63, 3.8) is 0 Å². The minimum atomic E-state index is -1.16. The Balaban J connectivity index is 2.46. The molecule has 19 heavy (non-hydrogen) atoms. The normalized spacial score (nSPS) is 11.1. The molecule has 96 valence electrons. The largest absolute Gasteiger partial charge is 0.544 e. The summed E-state index contributed by atoms with van der Waals surface area (Å²) in [6.45, 7) is 3.87. The van der Waals surface area contributed by atoms with E-state index in [0.717, 1.165) is 32.8 Å². The molecule has 5 heteroatoms. The van der Waals surface area contributed by atoms with E-state index in [1.165, 1.54) is 0 Å². The molecular formula is C14H11N2O2S-. The van der Waals surface area contributed by atoms with E-state index < -0.39 is 5.97 Å². The minimum Gasteiger partial charge on any atom is -0.544 e. The lowest BCUT2D eigenvalue weighted by Crippen LogP contribution is -2.22. The van der Waals surface area contributed by atoms with Crippen molar-refractivity contribution in [2.24, 2.45) is 0 Å². The zero-order valence-corrected chi connectivity index (χ0v) is 11.3. The van der Waals surface area contributed by atoms with Crippen molar-refractivity contribution in [2.45, 2.75) is 13.8 Å². The van der Waals surface area contributed by atoms with Crippen molar-refractivity contribution in [3.05, 3.63) is 46.7 Å². The molecule has 0 N–H and O–H groups in total. The Labute approximate surface area is 113 Å². The Morgan fingerprint density at radius 1 is 1.32 bits per heavy atom. The minimum absolute atomic E-state index is 0.215. The highest BCUT2D eigenvalue weighted by molar-refractivity contribution is 7.20. The maximum absolute atomic E-state index is 11.3. The second-order valence-electron chi connectivity index (χ2n) is 4.42. The predicted molar refractivity (Wildman–Crippen MR) is 72.8 cm³/mol. The molecule has 0 fully saturated rings. The number of carbonyl (C=O) groups is 1. The molecule has 0 aromatic carbocycles. The molecule has 0 spiro atoms. The highest BCUT2D eigenvalue weighted by atomic mass is 32.1. The molecule has 0 aliphatic carbocycles. The van der Waals surface area contributed by atoms with Crippen molar-refractivity contribution in [1.82, 2.24) is 9.55 Å². The Kier molecular flexibility index (Phi) is 2.64. The lowest BCUT2D eigenvalue weighted by atomic mass is 10.1. The third-order valence-corrected chi connectivity index (χ3v) is 4.06. The maximum atomic E-state index is 11.3. The van der Waals surface area contributed by atoms with Gasteiger partial charge in [0.05, 0.1) is 16.5 Å². The van der Waals surface area contributed by atoms with Crippen molar-refractivity contribution in [1.29, 1.82) is 0 Å². The van der Waals surface area contributed by atoms with Crippen LogP contribution in [-0.2, 0) is 0 Å². The van der Waals surface area contributed by atoms with Gasteiger partial charge < -0.3 is 14.5 Å². The van der Waals surface area contributed by atoms with Crippen molar-refractivity contribution < 1.29 is 9.90 Å². The Hall–Kier alpha value is -2.14. The summed E-state index contributed by atoms with van der Waals surface area (Å²) in [6, 6.07) is 5.68. The molecule has 0 aliphatic rings. The third kappa shape index (κ3) is 1.82. The number of hydrogen-bond donors (Lipinski definition) is 0. The van der Waals surface area contributed by atoms with Gasteiger partial charge in [-0.3, -0.25) is 0 Å². The number of carbonyl (C=O) groups excluding carboxylic acids is 1. The molecule has 0 atom stereocenters. The molecule has 3 rings (SSSR count). The SMILES string of the molecule is Cc1cc(C)c2c(-n3cccc3)c(C(=O)[O-])sc2n1. The first-order valence-electron chi connectivity index (χ1n) is 5.83. The van der Waals surface area contributed by atoms with Gasteiger partial charge in [-0.25, -0.2) is 4.98 Å². The number of pyridine rings is 1. The average Bonchev–Trinajstić information content (AvgIpc) is 2.92. The number of nitrogens with zero attached hydrogens (tertiary/aromatic N) is 2. The van der Waals surface area contributed by atoms with Crippen LogP contribution in [0, 0.1) is 13.8 Å². The summed E-state index contributed by atoms with van der Waals surface area (Å²) in [6.07, 6.45) is 3.65. The zero-order valence-electron chi connectivity index (χ0n) is 10.5. The van der Waals surface area contributed by atoms with E-state index in [0.29, 0.717) is 5.69 Å². The van der Waals surface area contributed by atoms with Crippen LogP contribution in [0.2, 0.25) is 0 Å². The van der Waals surface area contributed by atoms with E-state index in [1.807, 2.05) is 44.4 Å². The quantitative estimate of drug-likeness (QED) is 0.717. The van der Waals surface area contributed by atoms with Crippen molar-refractivity contribution in [3.8, 4) is 5.69 Å². The van der Waals surface area contributed by atoms with Gasteiger partial charge in [-0.05, 0) is 37.6 Å². The van der Waals surface area contributed by atoms with E-state index >= 15 is 0 Å². The first-order valence-corrected chi connectivity index (χ1v) is 6.65. The fourth-order valence-electron chi connectivity index (χ4n) is 2.29. The number of aromatic carboxylic acids is 1. The van der Waals surface area contributed by atoms with E-state index in [1.54, 1.807) is 4.57 Å². The van der Waals surface area contributed by atoms with Crippen LogP contribution in [-0.4, -0.2) is 15.5 Å². The summed E-state index contributed by atoms with van der Waals surface area (Å²) < 4.78 is 1.80. The van der Waals surface area contributed by atoms with Gasteiger partial charge in [-0.2, -0.15) is 0 Å². The molecule has 3 heterocycles. The molecule has 0 unspecified atom stereocenters. The van der Waals surface area contributed by atoms with Crippen molar-refractivity contribution in [2.75, 3.05) is 0 Å². The van der Waals surface area contributed by atoms with E-state index in [9.17, 15) is 9.90 Å². The maximum Gasteiger partial charge on any atom is 0.126 e. The van der Waals surface area contributed by atoms with Crippen LogP contribution in [0.15, 0.2) is 30.6 Å². The number of carboxylic acids is 1. The van der Waals surface area contributed by atoms with Crippen LogP contribution in [0.5, 0.6) is 0 Å². The monoisotopic (exact) mass is 271 g/mol. The van der Waals surface area contributed by atoms with Crippen LogP contribution in [0.25, 0.3) is 15.9 Å². The predicted octanol–water partition coefficient (Wildman–Crippen LogP) is 2.07. The fourth-order valence-corrected chi connectivity index (χ4v) is 3.42. The summed E-state index contributed by atoms with van der Waals surface area (Å²) in [5.41, 5.74) is 2.56. The van der Waals surface area contributed by atoms with E-state index in [4.69, 9.17) is 0 Å². The molecule has 0 radical (unpaired) electrons. The van der Waals surface area contributed by atoms with Gasteiger partial charge in [0.1, 0.15) is 4.83 Å². The molecule has 0 bridgehead atoms. The summed E-state index contributed by atoms with van der Waals surface area (Å²) in [7, 11) is 0. The van der Waals surface area contributed by atoms with Crippen LogP contribution >= 0.6 is 11.3 Å². The van der Waals surface area contributed by atoms with Gasteiger partial charge >= 0.3 is 0 Å². The molecule has 0 saturated heterocycles. The molecule has 0 aliphatic heterocycles. The number of fused-ring (bicyclic) bond motifs is 1. The molecule has 4 nitrogen and oxygen atoms in total. The molecule has 0 saturated carbocycles. The van der Waals surface area contributed by atoms with Gasteiger partial charge in [0.2, 0.25) is 0 Å². The van der Waals surface area contributed by atoms with Gasteiger partial charge in [-0.1, -0.05) is 0 Å². The van der Waals surface area contributed by atoms with Gasteiger partial charge in [0.15, 0.2) is 0 Å². The fraction of sp³-hybridized carbons (Fsp3) is 0.143. The van der Waals surface area contributed by atoms with Crippen LogP contribution in [0.4, 0.5) is 0 Å². The summed E-state index contributed by atoms with van der Waals surface area (Å²) >= 11 is 1.16. The second-order valence-corrected chi connectivity index (χ2v) is 5.42. The van der Waals surface area contributed by atoms with E-state index in [-0.39, 0.29) is 4.88 Å². The van der Waals surface area contributed by atoms with Gasteiger partial charge in [0.25, 0.3) is 0 Å². The molecule has 3 aromatic heterocycles. The summed E-state index contributed by atoms with van der Waals surface area (Å²) in [5, 5.41) is 12.2. The topological polar surface area (TPSA) is 58.0 Å². The zero-order chi connectivity index (χ0) is 13.6. The van der Waals surface area contributed by atoms with Crippen molar-refractivity contribution >= 4 is 27.5 Å². The summed E-state index contributed by atoms with van der Waals surface area (Å²) in [4.78, 5) is 16.7. The van der Waals surface area contributed by atoms with Crippen LogP contribution < -0.4 is 5.11 Å². The number of rotatable bonds is 2. The van der Waals surface area contributed by atoms with Gasteiger partial charge in [-0.15, -0.1) is 11.3 Å². The Morgan fingerprint density at radius 3 is 2.63 bits per heavy atom. The molecular weight excluding hydrogens is 260 g/mol. The molecule has 0 amide bonds. The van der Waals surface area contributed by atoms with Gasteiger partial charge in [0, 0.05) is 23.5 Å². The number of carboxylic acid groups (broad SMARTS) is 1. The average molecular weight is 271 g/mol. The lowest BCUT2D eigenvalue weighted by Gasteiger charge is -2.08. The highest BCUT2D eigenvalue weighted by Gasteiger charge is 2.17. The third-order valence-electron chi connectivity index (χ3n) is 3.01. The number of aryl methyl sites for hydroxylation is 2. The smallest absolute Gasteiger partial charge is 0.126 e.